The van der Waals surface area contributed by atoms with E-state index in [2.05, 4.69) is 98.0 Å². The van der Waals surface area contributed by atoms with Crippen molar-refractivity contribution in [2.45, 2.75) is 58.4 Å². The van der Waals surface area contributed by atoms with Crippen molar-refractivity contribution in [2.75, 3.05) is 0 Å². The van der Waals surface area contributed by atoms with E-state index in [1.165, 1.54) is 40.8 Å². The summed E-state index contributed by atoms with van der Waals surface area (Å²) < 4.78 is 63.9. The van der Waals surface area contributed by atoms with Gasteiger partial charge in [0.05, 0.1) is 0 Å². The Bertz CT molecular complexity index is 1100. The van der Waals surface area contributed by atoms with Crippen molar-refractivity contribution < 1.29 is 29.7 Å². The molecule has 1 aromatic heterocycles. The molecule has 0 amide bonds. The molecule has 33 heavy (non-hydrogen) atoms. The maximum absolute atomic E-state index is 10.7. The Labute approximate surface area is 190 Å². The van der Waals surface area contributed by atoms with E-state index in [0.29, 0.717) is 17.9 Å². The second-order valence-electron chi connectivity index (χ2n) is 9.07. The Morgan fingerprint density at radius 3 is 1.94 bits per heavy atom. The Balaban J connectivity index is 0.000000383. The minimum absolute atomic E-state index is 0.459. The van der Waals surface area contributed by atoms with Gasteiger partial charge in [-0.3, -0.25) is 0 Å². The van der Waals surface area contributed by atoms with E-state index in [-0.39, 0.29) is 0 Å². The number of hydrogen-bond acceptors (Lipinski definition) is 0. The molecule has 1 aliphatic rings. The SMILES string of the molecule is CC(C)c1cccc(C(C)C)c1-n1cc[n+]([C@@H]2CCc3ccccc32)c1.F[P-](F)(F)(F)(F)F. The summed E-state index contributed by atoms with van der Waals surface area (Å²) in [5, 5.41) is 0. The van der Waals surface area contributed by atoms with Crippen LogP contribution >= 0.6 is 7.81 Å². The summed E-state index contributed by atoms with van der Waals surface area (Å²) in [5.41, 5.74) is 7.19. The van der Waals surface area contributed by atoms with Crippen LogP contribution in [0.3, 0.4) is 0 Å². The number of halogens is 6. The number of aryl methyl sites for hydroxylation is 1. The summed E-state index contributed by atoms with van der Waals surface area (Å²) in [6.07, 6.45) is 9.14. The van der Waals surface area contributed by atoms with E-state index in [1.54, 1.807) is 0 Å². The predicted molar refractivity (Wildman–Crippen MR) is 121 cm³/mol. The molecule has 182 valence electrons. The van der Waals surface area contributed by atoms with E-state index in [9.17, 15) is 25.2 Å². The zero-order chi connectivity index (χ0) is 24.7. The topological polar surface area (TPSA) is 8.81 Å². The average molecular weight is 490 g/mol. The number of hydrogen-bond donors (Lipinski definition) is 0. The van der Waals surface area contributed by atoms with Gasteiger partial charge in [-0.05, 0) is 35.8 Å². The van der Waals surface area contributed by atoms with Crippen LogP contribution in [0.1, 0.15) is 74.2 Å². The molecule has 1 atom stereocenters. The number of benzene rings is 2. The van der Waals surface area contributed by atoms with Crippen LogP contribution < -0.4 is 4.57 Å². The number of fused-ring (bicyclic) bond motifs is 1. The quantitative estimate of drug-likeness (QED) is 0.196. The van der Waals surface area contributed by atoms with Gasteiger partial charge < -0.3 is 0 Å². The van der Waals surface area contributed by atoms with Crippen molar-refractivity contribution in [1.82, 2.24) is 4.57 Å². The molecule has 0 aliphatic heterocycles. The first kappa shape index (κ1) is 25.3. The molecule has 0 fully saturated rings. The predicted octanol–water partition coefficient (Wildman–Crippen LogP) is 8.93. The monoisotopic (exact) mass is 490 g/mol. The van der Waals surface area contributed by atoms with Crippen LogP contribution in [0.2, 0.25) is 0 Å². The van der Waals surface area contributed by atoms with E-state index >= 15 is 0 Å². The second-order valence-corrected chi connectivity index (χ2v) is 11.0. The fourth-order valence-corrected chi connectivity index (χ4v) is 4.34. The molecule has 3 aromatic rings. The van der Waals surface area contributed by atoms with Gasteiger partial charge in [0.15, 0.2) is 0 Å². The summed E-state index contributed by atoms with van der Waals surface area (Å²) in [4.78, 5) is 0. The summed E-state index contributed by atoms with van der Waals surface area (Å²) >= 11 is 0. The Morgan fingerprint density at radius 2 is 1.39 bits per heavy atom. The molecule has 0 spiro atoms. The van der Waals surface area contributed by atoms with Crippen molar-refractivity contribution >= 4 is 7.81 Å². The Hall–Kier alpha value is -2.34. The summed E-state index contributed by atoms with van der Waals surface area (Å²) in [5.74, 6) is 1.01. The zero-order valence-electron chi connectivity index (χ0n) is 19.0. The van der Waals surface area contributed by atoms with Gasteiger partial charge in [0.1, 0.15) is 24.1 Å². The first-order valence-electron chi connectivity index (χ1n) is 10.9. The molecule has 0 bridgehead atoms. The zero-order valence-corrected chi connectivity index (χ0v) is 19.9. The minimum atomic E-state index is -10.7. The molecule has 4 rings (SSSR count). The molecular weight excluding hydrogens is 461 g/mol. The Kier molecular flexibility index (Phi) is 6.25. The third kappa shape index (κ3) is 7.07. The number of nitrogens with zero attached hydrogens (tertiary/aromatic N) is 2. The van der Waals surface area contributed by atoms with Crippen molar-refractivity contribution in [2.24, 2.45) is 0 Å². The molecule has 9 heteroatoms. The standard InChI is InChI=1S/C24H29N2.F6P/c1-17(2)20-10-7-11-21(18(3)4)24(20)26-15-14-25(16-26)23-13-12-19-8-5-6-9-22(19)23;1-7(2,3,4,5)6/h5-11,14-18,23H,12-13H2,1-4H3;/q+1;-1/t23-;/m1./s1. The van der Waals surface area contributed by atoms with Crippen molar-refractivity contribution in [1.29, 1.82) is 0 Å². The van der Waals surface area contributed by atoms with Crippen LogP contribution in [0.5, 0.6) is 0 Å². The third-order valence-electron chi connectivity index (χ3n) is 5.72. The number of aromatic nitrogens is 2. The van der Waals surface area contributed by atoms with Gasteiger partial charge in [-0.1, -0.05) is 70.2 Å². The van der Waals surface area contributed by atoms with Gasteiger partial charge in [-0.25, -0.2) is 9.13 Å². The van der Waals surface area contributed by atoms with Crippen LogP contribution in [-0.2, 0) is 6.42 Å². The summed E-state index contributed by atoms with van der Waals surface area (Å²) in [6, 6.07) is 16.1. The van der Waals surface area contributed by atoms with Gasteiger partial charge in [0.25, 0.3) is 0 Å². The van der Waals surface area contributed by atoms with Crippen LogP contribution in [0.25, 0.3) is 5.69 Å². The first-order valence-corrected chi connectivity index (χ1v) is 12.9. The van der Waals surface area contributed by atoms with E-state index in [4.69, 9.17) is 0 Å². The van der Waals surface area contributed by atoms with Gasteiger partial charge >= 0.3 is 33.0 Å². The average Bonchev–Trinajstić information content (AvgIpc) is 3.31. The summed E-state index contributed by atoms with van der Waals surface area (Å²) in [6.45, 7) is 9.14. The van der Waals surface area contributed by atoms with E-state index in [1.807, 2.05) is 0 Å². The fourth-order valence-electron chi connectivity index (χ4n) is 4.34. The van der Waals surface area contributed by atoms with Gasteiger partial charge in [-0.15, -0.1) is 0 Å². The van der Waals surface area contributed by atoms with Crippen LogP contribution in [-0.4, -0.2) is 4.57 Å². The maximum atomic E-state index is 9.87. The molecule has 0 N–H and O–H groups in total. The molecule has 0 saturated carbocycles. The molecule has 2 aromatic carbocycles. The molecule has 1 heterocycles. The third-order valence-corrected chi connectivity index (χ3v) is 5.72. The normalized spacial score (nSPS) is 17.9. The first-order chi connectivity index (χ1) is 15.0. The molecular formula is C24H29F6N2P. The number of imidazole rings is 1. The summed E-state index contributed by atoms with van der Waals surface area (Å²) in [7, 11) is -10.7. The number of rotatable bonds is 4. The molecule has 1 aliphatic carbocycles. The van der Waals surface area contributed by atoms with Crippen LogP contribution in [0.4, 0.5) is 25.2 Å². The fraction of sp³-hybridized carbons (Fsp3) is 0.375. The van der Waals surface area contributed by atoms with Crippen LogP contribution in [0.15, 0.2) is 61.2 Å². The van der Waals surface area contributed by atoms with Gasteiger partial charge in [0, 0.05) is 11.1 Å². The Morgan fingerprint density at radius 1 is 0.848 bits per heavy atom. The molecule has 0 radical (unpaired) electrons. The molecule has 0 saturated heterocycles. The van der Waals surface area contributed by atoms with Gasteiger partial charge in [-0.2, -0.15) is 0 Å². The van der Waals surface area contributed by atoms with E-state index < -0.39 is 7.81 Å². The van der Waals surface area contributed by atoms with E-state index in [0.717, 1.165) is 0 Å². The second kappa shape index (κ2) is 8.15. The number of para-hydroxylation sites is 1. The molecule has 2 nitrogen and oxygen atoms in total. The van der Waals surface area contributed by atoms with Crippen molar-refractivity contribution in [3.8, 4) is 5.69 Å². The van der Waals surface area contributed by atoms with Crippen LogP contribution in [0, 0.1) is 0 Å². The van der Waals surface area contributed by atoms with Gasteiger partial charge in [0.2, 0.25) is 6.33 Å². The van der Waals surface area contributed by atoms with Crippen molar-refractivity contribution in [3.05, 3.63) is 83.4 Å². The van der Waals surface area contributed by atoms with Crippen molar-refractivity contribution in [3.63, 3.8) is 0 Å². The molecule has 0 unspecified atom stereocenters.